The Morgan fingerprint density at radius 2 is 1.42 bits per heavy atom. The van der Waals surface area contributed by atoms with Crippen LogP contribution in [0.25, 0.3) is 10.8 Å². The van der Waals surface area contributed by atoms with Crippen molar-refractivity contribution < 1.29 is 27.7 Å². The molecule has 6 rings (SSSR count). The first-order chi connectivity index (χ1) is 18.5. The highest BCUT2D eigenvalue weighted by Crippen LogP contribution is 2.46. The first-order valence-electron chi connectivity index (χ1n) is 12.7. The number of fused-ring (bicyclic) bond motifs is 3. The van der Waals surface area contributed by atoms with Crippen molar-refractivity contribution in [1.29, 1.82) is 0 Å². The molecule has 2 aliphatic rings. The normalized spacial score (nSPS) is 16.6. The van der Waals surface area contributed by atoms with Crippen LogP contribution in [0.3, 0.4) is 0 Å². The van der Waals surface area contributed by atoms with Crippen LogP contribution in [0.1, 0.15) is 16.7 Å². The summed E-state index contributed by atoms with van der Waals surface area (Å²) in [6.45, 7) is 3.28. The Labute approximate surface area is 220 Å². The number of methoxy groups -OCH3 is 2. The molecule has 1 fully saturated rings. The molecule has 0 bridgehead atoms. The van der Waals surface area contributed by atoms with E-state index in [4.69, 9.17) is 18.9 Å². The molecule has 196 valence electrons. The lowest BCUT2D eigenvalue weighted by molar-refractivity contribution is 0.122. The molecule has 5 nitrogen and oxygen atoms in total. The molecule has 4 aromatic rings. The van der Waals surface area contributed by atoms with E-state index in [1.807, 2.05) is 18.2 Å². The Hall–Kier alpha value is -3.84. The Morgan fingerprint density at radius 3 is 2.03 bits per heavy atom. The number of ether oxygens (including phenoxy) is 4. The number of rotatable bonds is 5. The van der Waals surface area contributed by atoms with Gasteiger partial charge in [-0.15, -0.1) is 0 Å². The van der Waals surface area contributed by atoms with Gasteiger partial charge in [0.1, 0.15) is 12.4 Å². The van der Waals surface area contributed by atoms with Crippen LogP contribution in [0.15, 0.2) is 66.7 Å². The van der Waals surface area contributed by atoms with Gasteiger partial charge in [-0.1, -0.05) is 24.3 Å². The van der Waals surface area contributed by atoms with E-state index in [2.05, 4.69) is 29.2 Å². The number of benzene rings is 4. The molecule has 2 heterocycles. The summed E-state index contributed by atoms with van der Waals surface area (Å²) in [6, 6.07) is 20.3. The van der Waals surface area contributed by atoms with Crippen LogP contribution in [-0.4, -0.2) is 47.1 Å². The highest BCUT2D eigenvalue weighted by atomic mass is 19.1. The number of hydrogen-bond acceptors (Lipinski definition) is 5. The number of halogens is 2. The Balaban J connectivity index is 1.52. The van der Waals surface area contributed by atoms with Crippen molar-refractivity contribution in [3.63, 3.8) is 0 Å². The van der Waals surface area contributed by atoms with E-state index < -0.39 is 17.0 Å². The molecule has 0 saturated carbocycles. The lowest BCUT2D eigenvalue weighted by Gasteiger charge is -2.40. The standard InChI is InChI=1S/C31H29F2NO4/c1-35-29-9-5-21(15-26(29)32)31(22-6-10-30(36-2)27(33)16-22)18-25-24-17-23(34-11-13-37-14-12-34)7-3-20(24)4-8-28(25)38-19-31/h3-10,15-17H,11-14,18-19H2,1-2H3. The van der Waals surface area contributed by atoms with Crippen molar-refractivity contribution >= 4 is 16.5 Å². The molecule has 0 unspecified atom stereocenters. The molecule has 4 aromatic carbocycles. The lowest BCUT2D eigenvalue weighted by Crippen LogP contribution is -2.40. The summed E-state index contributed by atoms with van der Waals surface area (Å²) in [5.74, 6) is 0.147. The van der Waals surface area contributed by atoms with Crippen LogP contribution in [0.4, 0.5) is 14.5 Å². The van der Waals surface area contributed by atoms with Gasteiger partial charge in [0.15, 0.2) is 23.1 Å². The van der Waals surface area contributed by atoms with Gasteiger partial charge in [-0.3, -0.25) is 0 Å². The quantitative estimate of drug-likeness (QED) is 0.330. The molecule has 7 heteroatoms. The maximum atomic E-state index is 15.0. The summed E-state index contributed by atoms with van der Waals surface area (Å²) < 4.78 is 52.3. The zero-order chi connectivity index (χ0) is 26.3. The van der Waals surface area contributed by atoms with Gasteiger partial charge in [0.05, 0.1) is 32.8 Å². The van der Waals surface area contributed by atoms with Crippen LogP contribution in [0, 0.1) is 11.6 Å². The minimum Gasteiger partial charge on any atom is -0.494 e. The first-order valence-corrected chi connectivity index (χ1v) is 12.7. The molecule has 0 N–H and O–H groups in total. The molecule has 2 aliphatic heterocycles. The molecule has 0 amide bonds. The largest absolute Gasteiger partial charge is 0.494 e. The predicted octanol–water partition coefficient (Wildman–Crippen LogP) is 5.89. The van der Waals surface area contributed by atoms with E-state index in [0.29, 0.717) is 30.8 Å². The van der Waals surface area contributed by atoms with Gasteiger partial charge in [0.2, 0.25) is 0 Å². The second kappa shape index (κ2) is 9.80. The molecular formula is C31H29F2NO4. The van der Waals surface area contributed by atoms with E-state index in [9.17, 15) is 0 Å². The molecule has 1 saturated heterocycles. The fourth-order valence-corrected chi connectivity index (χ4v) is 5.70. The SMILES string of the molecule is COc1ccc(C2(c3ccc(OC)c(F)c3)COc3ccc4ccc(N5CCOCC5)cc4c3C2)cc1F. The summed E-state index contributed by atoms with van der Waals surface area (Å²) in [5, 5.41) is 2.15. The van der Waals surface area contributed by atoms with Crippen molar-refractivity contribution in [2.75, 3.05) is 52.0 Å². The van der Waals surface area contributed by atoms with Gasteiger partial charge in [0.25, 0.3) is 0 Å². The van der Waals surface area contributed by atoms with Crippen molar-refractivity contribution in [3.8, 4) is 17.2 Å². The second-order valence-corrected chi connectivity index (χ2v) is 9.79. The van der Waals surface area contributed by atoms with E-state index in [0.717, 1.165) is 40.9 Å². The summed E-state index contributed by atoms with van der Waals surface area (Å²) >= 11 is 0. The van der Waals surface area contributed by atoms with Gasteiger partial charge in [-0.2, -0.15) is 0 Å². The fourth-order valence-electron chi connectivity index (χ4n) is 5.70. The van der Waals surface area contributed by atoms with Gasteiger partial charge in [0, 0.05) is 24.3 Å². The van der Waals surface area contributed by atoms with Crippen molar-refractivity contribution in [2.24, 2.45) is 0 Å². The number of morpholine rings is 1. The van der Waals surface area contributed by atoms with Crippen molar-refractivity contribution in [3.05, 3.63) is 95.1 Å². The zero-order valence-electron chi connectivity index (χ0n) is 21.4. The molecule has 0 aliphatic carbocycles. The average molecular weight is 518 g/mol. The third kappa shape index (κ3) is 4.11. The number of anilines is 1. The Bertz CT molecular complexity index is 1450. The highest BCUT2D eigenvalue weighted by Gasteiger charge is 2.41. The predicted molar refractivity (Wildman–Crippen MR) is 143 cm³/mol. The fraction of sp³-hybridized carbons (Fsp3) is 0.290. The van der Waals surface area contributed by atoms with Crippen LogP contribution >= 0.6 is 0 Å². The summed E-state index contributed by atoms with van der Waals surface area (Å²) in [4.78, 5) is 2.32. The Kier molecular flexibility index (Phi) is 6.32. The van der Waals surface area contributed by atoms with Gasteiger partial charge < -0.3 is 23.8 Å². The molecule has 0 radical (unpaired) electrons. The average Bonchev–Trinajstić information content (AvgIpc) is 2.97. The molecule has 0 atom stereocenters. The van der Waals surface area contributed by atoms with Gasteiger partial charge >= 0.3 is 0 Å². The number of hydrogen-bond donors (Lipinski definition) is 0. The highest BCUT2D eigenvalue weighted by molar-refractivity contribution is 5.91. The zero-order valence-corrected chi connectivity index (χ0v) is 21.4. The van der Waals surface area contributed by atoms with Gasteiger partial charge in [-0.25, -0.2) is 8.78 Å². The molecule has 0 spiro atoms. The topological polar surface area (TPSA) is 40.2 Å². The van der Waals surface area contributed by atoms with Crippen LogP contribution in [0.2, 0.25) is 0 Å². The third-order valence-corrected chi connectivity index (χ3v) is 7.81. The monoisotopic (exact) mass is 517 g/mol. The van der Waals surface area contributed by atoms with Crippen LogP contribution in [0.5, 0.6) is 17.2 Å². The summed E-state index contributed by atoms with van der Waals surface area (Å²) in [6.07, 6.45) is 0.504. The van der Waals surface area contributed by atoms with Gasteiger partial charge in [-0.05, 0) is 70.8 Å². The third-order valence-electron chi connectivity index (χ3n) is 7.81. The maximum Gasteiger partial charge on any atom is 0.165 e. The number of nitrogens with zero attached hydrogens (tertiary/aromatic N) is 1. The molecule has 0 aromatic heterocycles. The van der Waals surface area contributed by atoms with E-state index >= 15 is 8.78 Å². The minimum atomic E-state index is -0.837. The lowest BCUT2D eigenvalue weighted by atomic mass is 9.69. The second-order valence-electron chi connectivity index (χ2n) is 9.79. The van der Waals surface area contributed by atoms with Crippen molar-refractivity contribution in [1.82, 2.24) is 0 Å². The first kappa shape index (κ1) is 24.5. The summed E-state index contributed by atoms with van der Waals surface area (Å²) in [7, 11) is 2.87. The van der Waals surface area contributed by atoms with Crippen LogP contribution < -0.4 is 19.1 Å². The smallest absolute Gasteiger partial charge is 0.165 e. The summed E-state index contributed by atoms with van der Waals surface area (Å²) in [5.41, 5.74) is 2.67. The molecule has 38 heavy (non-hydrogen) atoms. The molecular weight excluding hydrogens is 488 g/mol. The van der Waals surface area contributed by atoms with E-state index in [-0.39, 0.29) is 18.1 Å². The van der Waals surface area contributed by atoms with E-state index in [1.165, 1.54) is 26.4 Å². The minimum absolute atomic E-state index is 0.155. The van der Waals surface area contributed by atoms with Crippen LogP contribution in [-0.2, 0) is 16.6 Å². The van der Waals surface area contributed by atoms with E-state index in [1.54, 1.807) is 12.1 Å². The Morgan fingerprint density at radius 1 is 0.789 bits per heavy atom. The maximum absolute atomic E-state index is 15.0. The van der Waals surface area contributed by atoms with Crippen molar-refractivity contribution in [2.45, 2.75) is 11.8 Å².